The molecule has 1 N–H and O–H groups in total. The monoisotopic (exact) mass is 390 g/mol. The average Bonchev–Trinajstić information content (AvgIpc) is 3.13. The Balaban J connectivity index is 1.96. The van der Waals surface area contributed by atoms with Crippen molar-refractivity contribution >= 4 is 38.3 Å². The highest BCUT2D eigenvalue weighted by Gasteiger charge is 2.31. The van der Waals surface area contributed by atoms with Crippen LogP contribution in [0, 0.1) is 5.53 Å². The molecule has 0 saturated carbocycles. The first-order chi connectivity index (χ1) is 13.1. The Morgan fingerprint density at radius 3 is 2.85 bits per heavy atom. The van der Waals surface area contributed by atoms with Crippen LogP contribution in [0.1, 0.15) is 46.0 Å². The maximum absolute atomic E-state index is 12.2. The fraction of sp³-hybridized carbons (Fsp3) is 0.579. The minimum Gasteiger partial charge on any atom is -0.488 e. The number of methoxy groups -OCH3 is 1. The van der Waals surface area contributed by atoms with Crippen LogP contribution in [0.25, 0.3) is 10.2 Å². The molecule has 8 heteroatoms. The van der Waals surface area contributed by atoms with Gasteiger partial charge in [-0.05, 0) is 38.2 Å². The van der Waals surface area contributed by atoms with Gasteiger partial charge in [0, 0.05) is 12.6 Å². The summed E-state index contributed by atoms with van der Waals surface area (Å²) >= 11 is 1.51. The van der Waals surface area contributed by atoms with Gasteiger partial charge in [-0.25, -0.2) is 15.3 Å². The number of piperidine rings is 1. The zero-order chi connectivity index (χ0) is 19.4. The first-order valence-electron chi connectivity index (χ1n) is 9.44. The number of nitrogens with zero attached hydrogens (tertiary/aromatic N) is 3. The Morgan fingerprint density at radius 2 is 2.19 bits per heavy atom. The first kappa shape index (κ1) is 19.5. The number of rotatable bonds is 7. The van der Waals surface area contributed by atoms with Crippen molar-refractivity contribution in [3.8, 4) is 5.75 Å². The van der Waals surface area contributed by atoms with Crippen LogP contribution in [0.2, 0.25) is 0 Å². The van der Waals surface area contributed by atoms with E-state index in [2.05, 4.69) is 19.0 Å². The summed E-state index contributed by atoms with van der Waals surface area (Å²) in [6.07, 6.45) is 4.69. The zero-order valence-corrected chi connectivity index (χ0v) is 16.8. The van der Waals surface area contributed by atoms with Crippen molar-refractivity contribution in [2.24, 2.45) is 5.11 Å². The van der Waals surface area contributed by atoms with Gasteiger partial charge in [0.25, 0.3) is 0 Å². The fourth-order valence-electron chi connectivity index (χ4n) is 3.41. The molecule has 0 spiro atoms. The number of hydrogen-bond donors (Lipinski definition) is 1. The lowest BCUT2D eigenvalue weighted by atomic mass is 10.0. The highest BCUT2D eigenvalue weighted by atomic mass is 32.1. The number of nitrogens with one attached hydrogen (secondary N) is 1. The van der Waals surface area contributed by atoms with Gasteiger partial charge in [-0.15, -0.1) is 0 Å². The second-order valence-electron chi connectivity index (χ2n) is 6.68. The summed E-state index contributed by atoms with van der Waals surface area (Å²) in [5.74, 6) is 0.375. The van der Waals surface area contributed by atoms with Gasteiger partial charge < -0.3 is 14.4 Å². The van der Waals surface area contributed by atoms with E-state index in [1.165, 1.54) is 18.4 Å². The molecule has 0 bridgehead atoms. The second kappa shape index (κ2) is 8.65. The van der Waals surface area contributed by atoms with Crippen molar-refractivity contribution in [2.45, 2.75) is 58.1 Å². The molecule has 2 aromatic rings. The molecule has 1 aromatic heterocycles. The molecule has 0 radical (unpaired) electrons. The minimum atomic E-state index is -0.287. The Hall–Kier alpha value is -2.22. The molecular weight excluding hydrogens is 364 g/mol. The molecule has 1 aliphatic heterocycles. The van der Waals surface area contributed by atoms with E-state index < -0.39 is 0 Å². The van der Waals surface area contributed by atoms with Crippen molar-refractivity contribution in [1.82, 2.24) is 4.98 Å². The van der Waals surface area contributed by atoms with Crippen LogP contribution in [0.4, 0.5) is 10.8 Å². The van der Waals surface area contributed by atoms with E-state index in [1.807, 2.05) is 17.0 Å². The lowest BCUT2D eigenvalue weighted by Gasteiger charge is -2.33. The third-order valence-electron chi connectivity index (χ3n) is 5.00. The van der Waals surface area contributed by atoms with Crippen LogP contribution in [-0.4, -0.2) is 36.8 Å². The first-order valence-corrected chi connectivity index (χ1v) is 10.3. The molecule has 3 rings (SSSR count). The maximum Gasteiger partial charge on any atom is 0.328 e. The molecule has 0 amide bonds. The van der Waals surface area contributed by atoms with E-state index in [-0.39, 0.29) is 18.1 Å². The molecule has 1 unspecified atom stereocenters. The minimum absolute atomic E-state index is 0.0897. The average molecular weight is 391 g/mol. The van der Waals surface area contributed by atoms with Gasteiger partial charge in [0.15, 0.2) is 5.13 Å². The number of ether oxygens (including phenoxy) is 2. The number of fused-ring (bicyclic) bond motifs is 1. The number of aromatic nitrogens is 1. The van der Waals surface area contributed by atoms with Crippen molar-refractivity contribution in [3.63, 3.8) is 0 Å². The third kappa shape index (κ3) is 4.05. The van der Waals surface area contributed by atoms with Crippen molar-refractivity contribution in [3.05, 3.63) is 12.1 Å². The van der Waals surface area contributed by atoms with Gasteiger partial charge in [0.1, 0.15) is 17.5 Å². The molecular formula is C19H26N4O3S. The number of thiazole rings is 1. The number of esters is 1. The molecule has 1 atom stereocenters. The topological polar surface area (TPSA) is 87.9 Å². The van der Waals surface area contributed by atoms with E-state index in [0.717, 1.165) is 54.0 Å². The molecule has 27 heavy (non-hydrogen) atoms. The van der Waals surface area contributed by atoms with Crippen molar-refractivity contribution in [2.75, 3.05) is 18.6 Å². The zero-order valence-electron chi connectivity index (χ0n) is 16.0. The molecule has 1 aliphatic rings. The lowest BCUT2D eigenvalue weighted by molar-refractivity contribution is -0.142. The lowest BCUT2D eigenvalue weighted by Crippen LogP contribution is -2.45. The Kier molecular flexibility index (Phi) is 6.26. The fourth-order valence-corrected chi connectivity index (χ4v) is 4.47. The van der Waals surface area contributed by atoms with E-state index in [0.29, 0.717) is 11.4 Å². The standard InChI is InChI=1S/C19H26N4O3S/c1-4-12(5-2)26-16-10-14-17(11-13(16)22-20)27-19(21-14)23-9-7-6-8-15(23)18(24)25-3/h10-12,15,20H,4-9H2,1-3H3. The number of carbonyl (C=O) groups excluding carboxylic acids is 1. The predicted octanol–water partition coefficient (Wildman–Crippen LogP) is 5.06. The summed E-state index contributed by atoms with van der Waals surface area (Å²) in [7, 11) is 1.43. The van der Waals surface area contributed by atoms with Crippen molar-refractivity contribution in [1.29, 1.82) is 5.53 Å². The van der Waals surface area contributed by atoms with E-state index in [9.17, 15) is 4.79 Å². The van der Waals surface area contributed by atoms with Crippen LogP contribution < -0.4 is 9.64 Å². The Bertz CT molecular complexity index is 819. The van der Waals surface area contributed by atoms with Crippen molar-refractivity contribution < 1.29 is 14.3 Å². The summed E-state index contributed by atoms with van der Waals surface area (Å²) in [4.78, 5) is 19.0. The normalized spacial score (nSPS) is 17.3. The number of anilines is 1. The molecule has 146 valence electrons. The van der Waals surface area contributed by atoms with Gasteiger partial charge in [-0.1, -0.05) is 25.2 Å². The molecule has 0 aliphatic carbocycles. The molecule has 1 fully saturated rings. The van der Waals surface area contributed by atoms with Gasteiger partial charge in [0.2, 0.25) is 0 Å². The third-order valence-corrected chi connectivity index (χ3v) is 6.06. The van der Waals surface area contributed by atoms with Gasteiger partial charge in [-0.3, -0.25) is 0 Å². The van der Waals surface area contributed by atoms with Crippen LogP contribution in [-0.2, 0) is 9.53 Å². The van der Waals surface area contributed by atoms with E-state index in [1.54, 1.807) is 0 Å². The molecule has 1 aromatic carbocycles. The molecule has 7 nitrogen and oxygen atoms in total. The highest BCUT2D eigenvalue weighted by Crippen LogP contribution is 2.39. The maximum atomic E-state index is 12.2. The number of carbonyl (C=O) groups is 1. The van der Waals surface area contributed by atoms with Gasteiger partial charge in [-0.2, -0.15) is 5.11 Å². The van der Waals surface area contributed by atoms with E-state index in [4.69, 9.17) is 20.0 Å². The molecule has 1 saturated heterocycles. The largest absolute Gasteiger partial charge is 0.488 e. The summed E-state index contributed by atoms with van der Waals surface area (Å²) in [6.45, 7) is 4.94. The van der Waals surface area contributed by atoms with Crippen LogP contribution in [0.5, 0.6) is 5.75 Å². The summed E-state index contributed by atoms with van der Waals surface area (Å²) in [5, 5.41) is 4.44. The highest BCUT2D eigenvalue weighted by molar-refractivity contribution is 7.22. The second-order valence-corrected chi connectivity index (χ2v) is 7.69. The predicted molar refractivity (Wildman–Crippen MR) is 106 cm³/mol. The van der Waals surface area contributed by atoms with E-state index >= 15 is 0 Å². The Labute approximate surface area is 163 Å². The Morgan fingerprint density at radius 1 is 1.41 bits per heavy atom. The van der Waals surface area contributed by atoms with Crippen LogP contribution >= 0.6 is 11.3 Å². The number of benzene rings is 1. The SMILES string of the molecule is CCC(CC)Oc1cc2nc(N3CCCCC3C(=O)OC)sc2cc1N=N. The summed E-state index contributed by atoms with van der Waals surface area (Å²) in [6, 6.07) is 3.42. The summed E-state index contributed by atoms with van der Waals surface area (Å²) in [5.41, 5.74) is 8.80. The molecule has 2 heterocycles. The van der Waals surface area contributed by atoms with Crippen LogP contribution in [0.3, 0.4) is 0 Å². The van der Waals surface area contributed by atoms with Gasteiger partial charge in [0.05, 0.1) is 23.4 Å². The summed E-state index contributed by atoms with van der Waals surface area (Å²) < 4.78 is 11.9. The number of hydrogen-bond acceptors (Lipinski definition) is 8. The smallest absolute Gasteiger partial charge is 0.328 e. The quantitative estimate of drug-likeness (QED) is 0.527. The van der Waals surface area contributed by atoms with Crippen LogP contribution in [0.15, 0.2) is 17.2 Å². The van der Waals surface area contributed by atoms with Gasteiger partial charge >= 0.3 is 5.97 Å².